The highest BCUT2D eigenvalue weighted by Crippen LogP contribution is 1.98. The largest absolute Gasteiger partial charge is 0.316 e. The molecule has 0 saturated carbocycles. The van der Waals surface area contributed by atoms with Crippen LogP contribution in [0.5, 0.6) is 0 Å². The summed E-state index contributed by atoms with van der Waals surface area (Å²) >= 11 is 0. The van der Waals surface area contributed by atoms with Crippen LogP contribution in [0, 0.1) is 5.92 Å². The van der Waals surface area contributed by atoms with Crippen LogP contribution >= 0.6 is 0 Å². The van der Waals surface area contributed by atoms with Gasteiger partial charge in [0.25, 0.3) is 0 Å². The van der Waals surface area contributed by atoms with Crippen molar-refractivity contribution in [3.63, 3.8) is 0 Å². The SMILES string of the molecule is C=CC(C)CNCCc1ccccc1. The number of benzene rings is 1. The molecule has 1 aromatic carbocycles. The normalized spacial score (nSPS) is 12.4. The Morgan fingerprint density at radius 3 is 2.71 bits per heavy atom. The third kappa shape index (κ3) is 4.24. The van der Waals surface area contributed by atoms with Crippen LogP contribution < -0.4 is 5.32 Å². The minimum atomic E-state index is 0.561. The molecule has 1 aromatic rings. The van der Waals surface area contributed by atoms with Gasteiger partial charge in [0.15, 0.2) is 0 Å². The molecule has 1 atom stereocenters. The fourth-order valence-electron chi connectivity index (χ4n) is 1.29. The predicted octanol–water partition coefficient (Wildman–Crippen LogP) is 2.64. The van der Waals surface area contributed by atoms with Gasteiger partial charge in [0.05, 0.1) is 0 Å². The zero-order chi connectivity index (χ0) is 10.2. The summed E-state index contributed by atoms with van der Waals surface area (Å²) in [6.07, 6.45) is 3.08. The maximum absolute atomic E-state index is 3.76. The van der Waals surface area contributed by atoms with E-state index < -0.39 is 0 Å². The minimum Gasteiger partial charge on any atom is -0.316 e. The molecular weight excluding hydrogens is 170 g/mol. The summed E-state index contributed by atoms with van der Waals surface area (Å²) in [5, 5.41) is 3.41. The summed E-state index contributed by atoms with van der Waals surface area (Å²) in [4.78, 5) is 0. The van der Waals surface area contributed by atoms with Crippen LogP contribution in [0.1, 0.15) is 12.5 Å². The number of rotatable bonds is 6. The van der Waals surface area contributed by atoms with Gasteiger partial charge in [-0.15, -0.1) is 6.58 Å². The molecule has 0 aromatic heterocycles. The van der Waals surface area contributed by atoms with E-state index in [2.05, 4.69) is 49.2 Å². The minimum absolute atomic E-state index is 0.561. The van der Waals surface area contributed by atoms with Gasteiger partial charge < -0.3 is 5.32 Å². The molecule has 1 rings (SSSR count). The molecular formula is C13H19N. The molecule has 0 heterocycles. The summed E-state index contributed by atoms with van der Waals surface area (Å²) in [7, 11) is 0. The Balaban J connectivity index is 2.13. The van der Waals surface area contributed by atoms with Crippen LogP contribution in [-0.4, -0.2) is 13.1 Å². The van der Waals surface area contributed by atoms with Crippen molar-refractivity contribution in [2.24, 2.45) is 5.92 Å². The Hall–Kier alpha value is -1.08. The van der Waals surface area contributed by atoms with Crippen LogP contribution in [0.15, 0.2) is 43.0 Å². The van der Waals surface area contributed by atoms with E-state index >= 15 is 0 Å². The fourth-order valence-corrected chi connectivity index (χ4v) is 1.29. The maximum atomic E-state index is 3.76. The third-order valence-corrected chi connectivity index (χ3v) is 2.30. The summed E-state index contributed by atoms with van der Waals surface area (Å²) in [6.45, 7) is 7.99. The Morgan fingerprint density at radius 1 is 1.36 bits per heavy atom. The Kier molecular flexibility index (Phi) is 5.02. The lowest BCUT2D eigenvalue weighted by Crippen LogP contribution is -2.22. The van der Waals surface area contributed by atoms with Crippen LogP contribution in [0.2, 0.25) is 0 Å². The van der Waals surface area contributed by atoms with E-state index in [9.17, 15) is 0 Å². The predicted molar refractivity (Wildman–Crippen MR) is 62.4 cm³/mol. The molecule has 0 spiro atoms. The molecule has 76 valence electrons. The van der Waals surface area contributed by atoms with Gasteiger partial charge in [-0.05, 0) is 24.4 Å². The monoisotopic (exact) mass is 189 g/mol. The van der Waals surface area contributed by atoms with Crippen molar-refractivity contribution in [3.05, 3.63) is 48.6 Å². The highest BCUT2D eigenvalue weighted by atomic mass is 14.8. The first-order valence-electron chi connectivity index (χ1n) is 5.20. The molecule has 1 N–H and O–H groups in total. The van der Waals surface area contributed by atoms with Gasteiger partial charge in [-0.1, -0.05) is 43.3 Å². The lowest BCUT2D eigenvalue weighted by Gasteiger charge is -2.07. The van der Waals surface area contributed by atoms with Crippen molar-refractivity contribution in [2.75, 3.05) is 13.1 Å². The first-order chi connectivity index (χ1) is 6.83. The zero-order valence-electron chi connectivity index (χ0n) is 8.87. The molecule has 0 aliphatic heterocycles. The van der Waals surface area contributed by atoms with Gasteiger partial charge in [-0.25, -0.2) is 0 Å². The quantitative estimate of drug-likeness (QED) is 0.536. The van der Waals surface area contributed by atoms with E-state index in [-0.39, 0.29) is 0 Å². The van der Waals surface area contributed by atoms with Gasteiger partial charge in [0, 0.05) is 6.54 Å². The smallest absolute Gasteiger partial charge is 0.00115 e. The zero-order valence-corrected chi connectivity index (χ0v) is 8.87. The summed E-state index contributed by atoms with van der Waals surface area (Å²) in [5.41, 5.74) is 1.39. The van der Waals surface area contributed by atoms with E-state index in [4.69, 9.17) is 0 Å². The van der Waals surface area contributed by atoms with Crippen molar-refractivity contribution < 1.29 is 0 Å². The van der Waals surface area contributed by atoms with E-state index in [1.807, 2.05) is 6.08 Å². The lowest BCUT2D eigenvalue weighted by molar-refractivity contribution is 0.595. The van der Waals surface area contributed by atoms with Gasteiger partial charge in [-0.3, -0.25) is 0 Å². The van der Waals surface area contributed by atoms with E-state index in [0.717, 1.165) is 19.5 Å². The summed E-state index contributed by atoms with van der Waals surface area (Å²) < 4.78 is 0. The average Bonchev–Trinajstić information content (AvgIpc) is 2.25. The first-order valence-corrected chi connectivity index (χ1v) is 5.20. The van der Waals surface area contributed by atoms with Crippen molar-refractivity contribution in [2.45, 2.75) is 13.3 Å². The Morgan fingerprint density at radius 2 is 2.07 bits per heavy atom. The lowest BCUT2D eigenvalue weighted by atomic mass is 10.1. The molecule has 0 bridgehead atoms. The molecule has 14 heavy (non-hydrogen) atoms. The number of hydrogen-bond acceptors (Lipinski definition) is 1. The van der Waals surface area contributed by atoms with Gasteiger partial charge >= 0.3 is 0 Å². The molecule has 0 radical (unpaired) electrons. The average molecular weight is 189 g/mol. The summed E-state index contributed by atoms with van der Waals surface area (Å²) in [5.74, 6) is 0.561. The van der Waals surface area contributed by atoms with Crippen molar-refractivity contribution in [1.29, 1.82) is 0 Å². The maximum Gasteiger partial charge on any atom is 0.00115 e. The highest BCUT2D eigenvalue weighted by molar-refractivity contribution is 5.14. The molecule has 0 fully saturated rings. The standard InChI is InChI=1S/C13H19N/c1-3-12(2)11-14-10-9-13-7-5-4-6-8-13/h3-8,12,14H,1,9-11H2,2H3. The Labute approximate surface area is 86.8 Å². The van der Waals surface area contributed by atoms with Crippen molar-refractivity contribution in [3.8, 4) is 0 Å². The molecule has 0 saturated heterocycles. The topological polar surface area (TPSA) is 12.0 Å². The van der Waals surface area contributed by atoms with Crippen LogP contribution in [0.25, 0.3) is 0 Å². The molecule has 1 heteroatoms. The molecule has 0 aliphatic rings. The van der Waals surface area contributed by atoms with E-state index in [1.54, 1.807) is 0 Å². The van der Waals surface area contributed by atoms with Crippen molar-refractivity contribution >= 4 is 0 Å². The number of nitrogens with one attached hydrogen (secondary N) is 1. The molecule has 1 unspecified atom stereocenters. The van der Waals surface area contributed by atoms with Crippen LogP contribution in [0.3, 0.4) is 0 Å². The second-order valence-corrected chi connectivity index (χ2v) is 3.65. The van der Waals surface area contributed by atoms with Crippen LogP contribution in [0.4, 0.5) is 0 Å². The molecule has 1 nitrogen and oxygen atoms in total. The van der Waals surface area contributed by atoms with Crippen molar-refractivity contribution in [1.82, 2.24) is 5.32 Å². The molecule has 0 aliphatic carbocycles. The van der Waals surface area contributed by atoms with E-state index in [0.29, 0.717) is 5.92 Å². The highest BCUT2D eigenvalue weighted by Gasteiger charge is 1.95. The Bertz CT molecular complexity index is 253. The van der Waals surface area contributed by atoms with E-state index in [1.165, 1.54) is 5.56 Å². The molecule has 0 amide bonds. The number of hydrogen-bond donors (Lipinski definition) is 1. The van der Waals surface area contributed by atoms with Crippen LogP contribution in [-0.2, 0) is 6.42 Å². The first kappa shape index (κ1) is 11.0. The van der Waals surface area contributed by atoms with Gasteiger partial charge in [0.2, 0.25) is 0 Å². The van der Waals surface area contributed by atoms with Gasteiger partial charge in [0.1, 0.15) is 0 Å². The second kappa shape index (κ2) is 6.39. The summed E-state index contributed by atoms with van der Waals surface area (Å²) in [6, 6.07) is 10.6. The second-order valence-electron chi connectivity index (χ2n) is 3.65. The fraction of sp³-hybridized carbons (Fsp3) is 0.385. The van der Waals surface area contributed by atoms with Gasteiger partial charge in [-0.2, -0.15) is 0 Å². The third-order valence-electron chi connectivity index (χ3n) is 2.30.